The van der Waals surface area contributed by atoms with E-state index in [9.17, 15) is 0 Å². The lowest BCUT2D eigenvalue weighted by molar-refractivity contribution is 0.415. The molecule has 0 N–H and O–H groups in total. The van der Waals surface area contributed by atoms with Crippen LogP contribution in [0.5, 0.6) is 5.75 Å². The first-order chi connectivity index (χ1) is 8.60. The highest BCUT2D eigenvalue weighted by Gasteiger charge is 2.14. The van der Waals surface area contributed by atoms with Crippen molar-refractivity contribution in [2.75, 3.05) is 7.11 Å². The summed E-state index contributed by atoms with van der Waals surface area (Å²) in [5, 5.41) is 1.31. The molecule has 0 heterocycles. The van der Waals surface area contributed by atoms with Gasteiger partial charge in [-0.05, 0) is 18.1 Å². The molecule has 1 atom stereocenters. The van der Waals surface area contributed by atoms with E-state index in [4.69, 9.17) is 27.9 Å². The molecule has 0 amide bonds. The summed E-state index contributed by atoms with van der Waals surface area (Å²) in [6.07, 6.45) is 6.07. The first kappa shape index (κ1) is 16.1. The van der Waals surface area contributed by atoms with Gasteiger partial charge in [0.2, 0.25) is 0 Å². The van der Waals surface area contributed by atoms with E-state index in [1.165, 1.54) is 25.7 Å². The fourth-order valence-corrected chi connectivity index (χ4v) is 3.22. The highest BCUT2D eigenvalue weighted by atomic mass is 79.9. The Kier molecular flexibility index (Phi) is 7.43. The molecule has 0 aliphatic carbocycles. The van der Waals surface area contributed by atoms with Crippen LogP contribution >= 0.6 is 39.1 Å². The van der Waals surface area contributed by atoms with Crippen molar-refractivity contribution in [1.82, 2.24) is 0 Å². The molecule has 0 aliphatic rings. The van der Waals surface area contributed by atoms with E-state index in [2.05, 4.69) is 22.9 Å². The van der Waals surface area contributed by atoms with Gasteiger partial charge in [0.15, 0.2) is 0 Å². The second-order valence-corrected chi connectivity index (χ2v) is 6.24. The minimum absolute atomic E-state index is 0.255. The summed E-state index contributed by atoms with van der Waals surface area (Å²) in [4.78, 5) is 0.255. The zero-order valence-electron chi connectivity index (χ0n) is 10.8. The average molecular weight is 354 g/mol. The third-order valence-corrected chi connectivity index (χ3v) is 4.49. The Balaban J connectivity index is 2.67. The van der Waals surface area contributed by atoms with Gasteiger partial charge in [-0.3, -0.25) is 0 Å². The topological polar surface area (TPSA) is 9.23 Å². The summed E-state index contributed by atoms with van der Waals surface area (Å²) in [6.45, 7) is 2.21. The van der Waals surface area contributed by atoms with Crippen LogP contribution in [-0.2, 0) is 0 Å². The molecule has 0 aliphatic heterocycles. The van der Waals surface area contributed by atoms with Crippen LogP contribution in [0.4, 0.5) is 0 Å². The van der Waals surface area contributed by atoms with Gasteiger partial charge in [0.1, 0.15) is 5.75 Å². The minimum Gasteiger partial charge on any atom is -0.495 e. The fraction of sp³-hybridized carbons (Fsp3) is 0.571. The molecule has 1 nitrogen and oxygen atoms in total. The van der Waals surface area contributed by atoms with Crippen LogP contribution in [0.3, 0.4) is 0 Å². The maximum Gasteiger partial charge on any atom is 0.138 e. The number of benzene rings is 1. The van der Waals surface area contributed by atoms with E-state index in [1.54, 1.807) is 13.2 Å². The number of hydrogen-bond acceptors (Lipinski definition) is 1. The summed E-state index contributed by atoms with van der Waals surface area (Å²) < 4.78 is 5.14. The van der Waals surface area contributed by atoms with E-state index in [0.29, 0.717) is 15.8 Å². The molecular formula is C14H19BrCl2O. The SMILES string of the molecule is CCCCCCC(Br)c1cc(Cl)c(OC)cc1Cl. The molecular weight excluding hydrogens is 335 g/mol. The van der Waals surface area contributed by atoms with Crippen molar-refractivity contribution in [3.63, 3.8) is 0 Å². The predicted octanol–water partition coefficient (Wildman–Crippen LogP) is 6.41. The van der Waals surface area contributed by atoms with Crippen molar-refractivity contribution in [2.24, 2.45) is 0 Å². The molecule has 0 bridgehead atoms. The number of methoxy groups -OCH3 is 1. The van der Waals surface area contributed by atoms with E-state index in [1.807, 2.05) is 6.07 Å². The monoisotopic (exact) mass is 352 g/mol. The average Bonchev–Trinajstić information content (AvgIpc) is 2.36. The predicted molar refractivity (Wildman–Crippen MR) is 83.4 cm³/mol. The van der Waals surface area contributed by atoms with Gasteiger partial charge in [0.25, 0.3) is 0 Å². The Labute approximate surface area is 128 Å². The van der Waals surface area contributed by atoms with Crippen molar-refractivity contribution in [3.05, 3.63) is 27.7 Å². The van der Waals surface area contributed by atoms with Crippen molar-refractivity contribution >= 4 is 39.1 Å². The lowest BCUT2D eigenvalue weighted by Gasteiger charge is -2.14. The number of unbranched alkanes of at least 4 members (excludes halogenated alkanes) is 3. The van der Waals surface area contributed by atoms with Crippen LogP contribution in [0, 0.1) is 0 Å². The summed E-state index contributed by atoms with van der Waals surface area (Å²) in [6, 6.07) is 3.67. The van der Waals surface area contributed by atoms with Gasteiger partial charge < -0.3 is 4.74 Å². The number of hydrogen-bond donors (Lipinski definition) is 0. The number of ether oxygens (including phenoxy) is 1. The van der Waals surface area contributed by atoms with Crippen LogP contribution in [-0.4, -0.2) is 7.11 Å². The Morgan fingerprint density at radius 3 is 2.50 bits per heavy atom. The van der Waals surface area contributed by atoms with Gasteiger partial charge in [-0.25, -0.2) is 0 Å². The highest BCUT2D eigenvalue weighted by molar-refractivity contribution is 9.09. The van der Waals surface area contributed by atoms with Crippen molar-refractivity contribution in [1.29, 1.82) is 0 Å². The molecule has 0 spiro atoms. The maximum atomic E-state index is 6.25. The smallest absolute Gasteiger partial charge is 0.138 e. The summed E-state index contributed by atoms with van der Waals surface area (Å²) >= 11 is 16.1. The third-order valence-electron chi connectivity index (χ3n) is 2.92. The van der Waals surface area contributed by atoms with Gasteiger partial charge in [0.05, 0.1) is 12.1 Å². The summed E-state index contributed by atoms with van der Waals surface area (Å²) in [7, 11) is 1.59. The molecule has 0 aromatic heterocycles. The highest BCUT2D eigenvalue weighted by Crippen LogP contribution is 2.39. The molecule has 0 saturated heterocycles. The molecule has 4 heteroatoms. The van der Waals surface area contributed by atoms with E-state index < -0.39 is 0 Å². The molecule has 18 heavy (non-hydrogen) atoms. The van der Waals surface area contributed by atoms with Crippen molar-refractivity contribution in [3.8, 4) is 5.75 Å². The molecule has 1 aromatic carbocycles. The Bertz CT molecular complexity index is 382. The lowest BCUT2D eigenvalue weighted by Crippen LogP contribution is -1.94. The molecule has 0 saturated carbocycles. The molecule has 0 radical (unpaired) electrons. The quantitative estimate of drug-likeness (QED) is 0.406. The van der Waals surface area contributed by atoms with Gasteiger partial charge in [-0.1, -0.05) is 71.7 Å². The second-order valence-electron chi connectivity index (χ2n) is 4.33. The van der Waals surface area contributed by atoms with Gasteiger partial charge in [-0.2, -0.15) is 0 Å². The largest absolute Gasteiger partial charge is 0.495 e. The fourth-order valence-electron chi connectivity index (χ4n) is 1.85. The van der Waals surface area contributed by atoms with Gasteiger partial charge in [0, 0.05) is 15.9 Å². The van der Waals surface area contributed by atoms with Crippen LogP contribution < -0.4 is 4.74 Å². The first-order valence-corrected chi connectivity index (χ1v) is 7.94. The number of halogens is 3. The van der Waals surface area contributed by atoms with Crippen LogP contribution in [0.25, 0.3) is 0 Å². The Hall–Kier alpha value is 0.0800. The summed E-state index contributed by atoms with van der Waals surface area (Å²) in [5.74, 6) is 0.621. The number of rotatable bonds is 7. The van der Waals surface area contributed by atoms with Gasteiger partial charge in [-0.15, -0.1) is 0 Å². The van der Waals surface area contributed by atoms with E-state index >= 15 is 0 Å². The summed E-state index contributed by atoms with van der Waals surface area (Å²) in [5.41, 5.74) is 1.04. The minimum atomic E-state index is 0.255. The van der Waals surface area contributed by atoms with Gasteiger partial charge >= 0.3 is 0 Å². The second kappa shape index (κ2) is 8.29. The normalized spacial score (nSPS) is 12.5. The van der Waals surface area contributed by atoms with Crippen molar-refractivity contribution in [2.45, 2.75) is 43.9 Å². The Morgan fingerprint density at radius 1 is 1.17 bits per heavy atom. The van der Waals surface area contributed by atoms with Crippen LogP contribution in [0.1, 0.15) is 49.4 Å². The van der Waals surface area contributed by atoms with Crippen LogP contribution in [0.15, 0.2) is 12.1 Å². The standard InChI is InChI=1S/C14H19BrCl2O/c1-3-4-5-6-7-11(15)10-8-13(17)14(18-2)9-12(10)16/h8-9,11H,3-7H2,1-2H3. The van der Waals surface area contributed by atoms with E-state index in [0.717, 1.165) is 12.0 Å². The molecule has 1 rings (SSSR count). The first-order valence-electron chi connectivity index (χ1n) is 6.27. The molecule has 1 aromatic rings. The van der Waals surface area contributed by atoms with Crippen LogP contribution in [0.2, 0.25) is 10.0 Å². The molecule has 0 fully saturated rings. The Morgan fingerprint density at radius 2 is 1.89 bits per heavy atom. The molecule has 102 valence electrons. The molecule has 1 unspecified atom stereocenters. The maximum absolute atomic E-state index is 6.25. The van der Waals surface area contributed by atoms with E-state index in [-0.39, 0.29) is 4.83 Å². The van der Waals surface area contributed by atoms with Crippen molar-refractivity contribution < 1.29 is 4.74 Å². The lowest BCUT2D eigenvalue weighted by atomic mass is 10.1. The zero-order valence-corrected chi connectivity index (χ0v) is 13.9. The number of alkyl halides is 1. The zero-order chi connectivity index (χ0) is 13.5. The third kappa shape index (κ3) is 4.64.